The normalized spacial score (nSPS) is 14.3. The van der Waals surface area contributed by atoms with Gasteiger partial charge < -0.3 is 14.5 Å². The summed E-state index contributed by atoms with van der Waals surface area (Å²) in [6, 6.07) is 12.5. The maximum absolute atomic E-state index is 13.4. The molecule has 2 aromatic rings. The van der Waals surface area contributed by atoms with Crippen LogP contribution < -0.4 is 9.04 Å². The molecule has 10 heteroatoms. The fraction of sp³-hybridized carbons (Fsp3) is 0.300. The Morgan fingerprint density at radius 1 is 1.13 bits per heavy atom. The topological polar surface area (TPSA) is 87.2 Å². The molecule has 0 saturated carbocycles. The van der Waals surface area contributed by atoms with Gasteiger partial charge >= 0.3 is 0 Å². The molecule has 0 bridgehead atoms. The smallest absolute Gasteiger partial charge is 0.264 e. The summed E-state index contributed by atoms with van der Waals surface area (Å²) >= 11 is 6.12. The Morgan fingerprint density at radius 3 is 2.40 bits per heavy atom. The highest BCUT2D eigenvalue weighted by Crippen LogP contribution is 2.34. The minimum absolute atomic E-state index is 0.0469. The predicted octanol–water partition coefficient (Wildman–Crippen LogP) is 1.84. The van der Waals surface area contributed by atoms with Gasteiger partial charge in [-0.1, -0.05) is 29.8 Å². The second-order valence-corrected chi connectivity index (χ2v) is 8.96. The summed E-state index contributed by atoms with van der Waals surface area (Å²) in [5.41, 5.74) is 0.175. The van der Waals surface area contributed by atoms with Crippen LogP contribution in [0.1, 0.15) is 0 Å². The Hall–Kier alpha value is -2.78. The molecule has 1 aliphatic rings. The summed E-state index contributed by atoms with van der Waals surface area (Å²) in [5.74, 6) is -0.0976. The molecule has 30 heavy (non-hydrogen) atoms. The molecule has 0 aromatic heterocycles. The van der Waals surface area contributed by atoms with Crippen LogP contribution >= 0.6 is 11.6 Å². The van der Waals surface area contributed by atoms with Crippen LogP contribution in [0, 0.1) is 0 Å². The van der Waals surface area contributed by atoms with E-state index < -0.39 is 16.6 Å². The Labute approximate surface area is 180 Å². The van der Waals surface area contributed by atoms with Gasteiger partial charge in [-0.05, 0) is 30.3 Å². The lowest BCUT2D eigenvalue weighted by molar-refractivity contribution is -0.133. The zero-order valence-electron chi connectivity index (χ0n) is 16.4. The molecule has 8 nitrogen and oxygen atoms in total. The number of sulfonamides is 1. The van der Waals surface area contributed by atoms with E-state index in [1.807, 2.05) is 0 Å². The van der Waals surface area contributed by atoms with Crippen molar-refractivity contribution in [2.45, 2.75) is 4.90 Å². The lowest BCUT2D eigenvalue weighted by Crippen LogP contribution is -2.51. The third-order valence-corrected chi connectivity index (χ3v) is 6.84. The molecule has 0 unspecified atom stereocenters. The maximum Gasteiger partial charge on any atom is 0.264 e. The number of hydrogen-bond donors (Lipinski definition) is 0. The maximum atomic E-state index is 13.4. The van der Waals surface area contributed by atoms with Gasteiger partial charge in [-0.2, -0.15) is 0 Å². The van der Waals surface area contributed by atoms with E-state index in [1.165, 1.54) is 25.3 Å². The van der Waals surface area contributed by atoms with Crippen LogP contribution in [0.25, 0.3) is 0 Å². The molecule has 0 radical (unpaired) electrons. The number of anilines is 1. The van der Waals surface area contributed by atoms with E-state index in [4.69, 9.17) is 16.3 Å². The van der Waals surface area contributed by atoms with Gasteiger partial charge in [-0.15, -0.1) is 0 Å². The Morgan fingerprint density at radius 2 is 1.80 bits per heavy atom. The Balaban J connectivity index is 1.98. The van der Waals surface area contributed by atoms with E-state index in [1.54, 1.807) is 40.1 Å². The van der Waals surface area contributed by atoms with Crippen molar-refractivity contribution in [2.24, 2.45) is 0 Å². The third-order valence-electron chi connectivity index (χ3n) is 4.84. The van der Waals surface area contributed by atoms with Crippen molar-refractivity contribution in [3.8, 4) is 5.75 Å². The number of halogens is 1. The van der Waals surface area contributed by atoms with Crippen LogP contribution in [-0.4, -0.2) is 70.4 Å². The monoisotopic (exact) mass is 451 g/mol. The average Bonchev–Trinajstić information content (AvgIpc) is 2.77. The van der Waals surface area contributed by atoms with E-state index in [0.29, 0.717) is 31.2 Å². The van der Waals surface area contributed by atoms with E-state index in [0.717, 1.165) is 10.7 Å². The SMILES string of the molecule is COc1ccc(Cl)cc1N(CC(=O)N1CCN(C=O)CC1)S(=O)(=O)c1ccccc1. The molecule has 1 aliphatic heterocycles. The molecular weight excluding hydrogens is 430 g/mol. The van der Waals surface area contributed by atoms with Crippen molar-refractivity contribution >= 4 is 39.6 Å². The minimum atomic E-state index is -4.07. The second-order valence-electron chi connectivity index (χ2n) is 6.66. The number of carbonyl (C=O) groups excluding carboxylic acids is 2. The van der Waals surface area contributed by atoms with Gasteiger partial charge in [0.15, 0.2) is 0 Å². The molecule has 0 aliphatic carbocycles. The Bertz CT molecular complexity index is 1010. The predicted molar refractivity (Wildman–Crippen MR) is 113 cm³/mol. The van der Waals surface area contributed by atoms with Crippen molar-refractivity contribution in [1.29, 1.82) is 0 Å². The highest BCUT2D eigenvalue weighted by Gasteiger charge is 2.32. The summed E-state index contributed by atoms with van der Waals surface area (Å²) in [4.78, 5) is 27.0. The van der Waals surface area contributed by atoms with Crippen LogP contribution in [0.4, 0.5) is 5.69 Å². The van der Waals surface area contributed by atoms with Gasteiger partial charge in [-0.25, -0.2) is 8.42 Å². The lowest BCUT2D eigenvalue weighted by atomic mass is 10.2. The van der Waals surface area contributed by atoms with Crippen molar-refractivity contribution in [3.63, 3.8) is 0 Å². The fourth-order valence-corrected chi connectivity index (χ4v) is 4.78. The molecule has 2 aromatic carbocycles. The average molecular weight is 452 g/mol. The number of ether oxygens (including phenoxy) is 1. The highest BCUT2D eigenvalue weighted by molar-refractivity contribution is 7.92. The molecule has 1 heterocycles. The number of hydrogen-bond acceptors (Lipinski definition) is 5. The van der Waals surface area contributed by atoms with Crippen molar-refractivity contribution in [1.82, 2.24) is 9.80 Å². The van der Waals surface area contributed by atoms with Crippen LogP contribution in [0.15, 0.2) is 53.4 Å². The van der Waals surface area contributed by atoms with Gasteiger partial charge in [0.2, 0.25) is 12.3 Å². The summed E-state index contributed by atoms with van der Waals surface area (Å²) in [6.07, 6.45) is 0.741. The number of nitrogens with zero attached hydrogens (tertiary/aromatic N) is 3. The molecule has 1 saturated heterocycles. The van der Waals surface area contributed by atoms with Gasteiger partial charge in [0.05, 0.1) is 17.7 Å². The standard InChI is InChI=1S/C20H22ClN3O5S/c1-29-19-8-7-16(21)13-18(19)24(30(27,28)17-5-3-2-4-6-17)14-20(26)23-11-9-22(15-25)10-12-23/h2-8,13,15H,9-12,14H2,1H3. The quantitative estimate of drug-likeness (QED) is 0.599. The summed E-state index contributed by atoms with van der Waals surface area (Å²) in [5, 5.41) is 0.311. The molecule has 160 valence electrons. The van der Waals surface area contributed by atoms with E-state index in [9.17, 15) is 18.0 Å². The summed E-state index contributed by atoms with van der Waals surface area (Å²) in [7, 11) is -2.65. The number of methoxy groups -OCH3 is 1. The zero-order chi connectivity index (χ0) is 21.7. The van der Waals surface area contributed by atoms with Crippen LogP contribution in [-0.2, 0) is 19.6 Å². The van der Waals surface area contributed by atoms with Crippen molar-refractivity contribution in [3.05, 3.63) is 53.6 Å². The number of piperazine rings is 1. The van der Waals surface area contributed by atoms with Crippen LogP contribution in [0.2, 0.25) is 5.02 Å². The molecule has 3 rings (SSSR count). The van der Waals surface area contributed by atoms with E-state index in [2.05, 4.69) is 0 Å². The molecule has 0 spiro atoms. The first kappa shape index (κ1) is 21.9. The molecule has 2 amide bonds. The lowest BCUT2D eigenvalue weighted by Gasteiger charge is -2.34. The first-order chi connectivity index (χ1) is 14.4. The number of amides is 2. The largest absolute Gasteiger partial charge is 0.495 e. The van der Waals surface area contributed by atoms with Crippen LogP contribution in [0.5, 0.6) is 5.75 Å². The van der Waals surface area contributed by atoms with Gasteiger partial charge in [0.25, 0.3) is 10.0 Å². The van der Waals surface area contributed by atoms with Gasteiger partial charge in [0, 0.05) is 31.2 Å². The zero-order valence-corrected chi connectivity index (χ0v) is 18.0. The fourth-order valence-electron chi connectivity index (χ4n) is 3.18. The van der Waals surface area contributed by atoms with Crippen molar-refractivity contribution < 1.29 is 22.7 Å². The minimum Gasteiger partial charge on any atom is -0.495 e. The summed E-state index contributed by atoms with van der Waals surface area (Å²) in [6.45, 7) is 1.06. The highest BCUT2D eigenvalue weighted by atomic mass is 35.5. The van der Waals surface area contributed by atoms with Gasteiger partial charge in [-0.3, -0.25) is 13.9 Å². The first-order valence-electron chi connectivity index (χ1n) is 9.25. The van der Waals surface area contributed by atoms with Gasteiger partial charge in [0.1, 0.15) is 12.3 Å². The van der Waals surface area contributed by atoms with E-state index >= 15 is 0 Å². The van der Waals surface area contributed by atoms with Crippen LogP contribution in [0.3, 0.4) is 0 Å². The first-order valence-corrected chi connectivity index (χ1v) is 11.1. The molecular formula is C20H22ClN3O5S. The molecule has 0 N–H and O–H groups in total. The number of benzene rings is 2. The summed E-state index contributed by atoms with van der Waals surface area (Å²) < 4.78 is 33.2. The second kappa shape index (κ2) is 9.36. The van der Waals surface area contributed by atoms with E-state index in [-0.39, 0.29) is 22.2 Å². The Kier molecular flexibility index (Phi) is 6.84. The third kappa shape index (κ3) is 4.68. The van der Waals surface area contributed by atoms with Crippen molar-refractivity contribution in [2.75, 3.05) is 44.1 Å². The number of rotatable bonds is 7. The number of carbonyl (C=O) groups is 2. The molecule has 1 fully saturated rings. The molecule has 0 atom stereocenters.